The normalized spacial score (nSPS) is 27.1. The number of nitrogens with zero attached hydrogens (tertiary/aromatic N) is 3. The van der Waals surface area contributed by atoms with Gasteiger partial charge in [-0.3, -0.25) is 0 Å². The maximum atomic E-state index is 5.73. The Balaban J connectivity index is 2.20. The highest BCUT2D eigenvalue weighted by atomic mass is 35.5. The third kappa shape index (κ3) is 1.64. The average molecular weight is 216 g/mol. The molecule has 2 atom stereocenters. The summed E-state index contributed by atoms with van der Waals surface area (Å²) in [5.41, 5.74) is 0. The largest absolute Gasteiger partial charge is 0.378 e. The van der Waals surface area contributed by atoms with Gasteiger partial charge in [-0.1, -0.05) is 0 Å². The average Bonchev–Trinajstić information content (AvgIpc) is 2.72. The van der Waals surface area contributed by atoms with Crippen LogP contribution in [0.5, 0.6) is 0 Å². The Morgan fingerprint density at radius 2 is 2.36 bits per heavy atom. The molecule has 0 aromatic carbocycles. The van der Waals surface area contributed by atoms with Crippen LogP contribution >= 0.6 is 11.6 Å². The van der Waals surface area contributed by atoms with Crippen molar-refractivity contribution in [3.05, 3.63) is 11.6 Å². The fourth-order valence-corrected chi connectivity index (χ4v) is 2.08. The number of hydrogen-bond donors (Lipinski definition) is 0. The fourth-order valence-electron chi connectivity index (χ4n) is 1.84. The van der Waals surface area contributed by atoms with E-state index in [0.717, 1.165) is 24.7 Å². The van der Waals surface area contributed by atoms with Crippen molar-refractivity contribution < 1.29 is 4.74 Å². The van der Waals surface area contributed by atoms with E-state index in [1.54, 1.807) is 0 Å². The summed E-state index contributed by atoms with van der Waals surface area (Å²) in [6.07, 6.45) is 1.35. The molecule has 0 saturated carbocycles. The van der Waals surface area contributed by atoms with Crippen molar-refractivity contribution >= 4 is 11.6 Å². The van der Waals surface area contributed by atoms with Gasteiger partial charge in [0.1, 0.15) is 11.6 Å². The molecule has 0 aliphatic carbocycles. The molecule has 4 nitrogen and oxygen atoms in total. The molecule has 0 spiro atoms. The minimum Gasteiger partial charge on any atom is -0.378 e. The molecule has 1 aliphatic heterocycles. The third-order valence-corrected chi connectivity index (χ3v) is 2.92. The van der Waals surface area contributed by atoms with E-state index in [9.17, 15) is 0 Å². The maximum Gasteiger partial charge on any atom is 0.147 e. The lowest BCUT2D eigenvalue weighted by Crippen LogP contribution is -2.07. The van der Waals surface area contributed by atoms with E-state index in [0.29, 0.717) is 17.9 Å². The van der Waals surface area contributed by atoms with Gasteiger partial charge in [-0.2, -0.15) is 0 Å². The second kappa shape index (κ2) is 3.87. The fraction of sp³-hybridized carbons (Fsp3) is 0.778. The summed E-state index contributed by atoms with van der Waals surface area (Å²) in [7, 11) is 1.95. The highest BCUT2D eigenvalue weighted by molar-refractivity contribution is 6.16. The van der Waals surface area contributed by atoms with Gasteiger partial charge in [0, 0.05) is 13.0 Å². The topological polar surface area (TPSA) is 39.9 Å². The van der Waals surface area contributed by atoms with Gasteiger partial charge in [-0.25, -0.2) is 0 Å². The smallest absolute Gasteiger partial charge is 0.147 e. The van der Waals surface area contributed by atoms with Gasteiger partial charge in [-0.15, -0.1) is 21.8 Å². The molecule has 0 amide bonds. The van der Waals surface area contributed by atoms with Gasteiger partial charge in [-0.05, 0) is 13.3 Å². The third-order valence-electron chi connectivity index (χ3n) is 2.68. The molecule has 2 rings (SSSR count). The highest BCUT2D eigenvalue weighted by Crippen LogP contribution is 2.27. The SMILES string of the molecule is CC1CC(c2nnc(CCl)n2C)CO1. The lowest BCUT2D eigenvalue weighted by Gasteiger charge is -2.06. The van der Waals surface area contributed by atoms with Crippen LogP contribution in [0, 0.1) is 0 Å². The summed E-state index contributed by atoms with van der Waals surface area (Å²) in [4.78, 5) is 0. The molecule has 0 bridgehead atoms. The molecule has 5 heteroatoms. The van der Waals surface area contributed by atoms with E-state index < -0.39 is 0 Å². The van der Waals surface area contributed by atoms with E-state index in [-0.39, 0.29) is 0 Å². The zero-order valence-electron chi connectivity index (χ0n) is 8.40. The van der Waals surface area contributed by atoms with Crippen molar-refractivity contribution in [1.29, 1.82) is 0 Å². The number of rotatable bonds is 2. The molecule has 14 heavy (non-hydrogen) atoms. The minimum atomic E-state index is 0.330. The van der Waals surface area contributed by atoms with Gasteiger partial charge in [0.15, 0.2) is 0 Å². The van der Waals surface area contributed by atoms with Crippen molar-refractivity contribution in [3.63, 3.8) is 0 Å². The highest BCUT2D eigenvalue weighted by Gasteiger charge is 2.27. The maximum absolute atomic E-state index is 5.73. The Bertz CT molecular complexity index is 326. The number of alkyl halides is 1. The first-order chi connectivity index (χ1) is 6.72. The second-order valence-corrected chi connectivity index (χ2v) is 4.01. The first-order valence-corrected chi connectivity index (χ1v) is 5.31. The molecule has 1 saturated heterocycles. The Morgan fingerprint density at radius 3 is 2.86 bits per heavy atom. The summed E-state index contributed by atoms with van der Waals surface area (Å²) in [6.45, 7) is 2.83. The number of halogens is 1. The van der Waals surface area contributed by atoms with Gasteiger partial charge in [0.25, 0.3) is 0 Å². The molecule has 1 aromatic heterocycles. The van der Waals surface area contributed by atoms with E-state index in [4.69, 9.17) is 16.3 Å². The molecule has 78 valence electrons. The number of ether oxygens (including phenoxy) is 1. The van der Waals surface area contributed by atoms with E-state index in [1.807, 2.05) is 11.6 Å². The Hall–Kier alpha value is -0.610. The summed E-state index contributed by atoms with van der Waals surface area (Å²) in [5, 5.41) is 8.18. The zero-order chi connectivity index (χ0) is 10.1. The minimum absolute atomic E-state index is 0.330. The van der Waals surface area contributed by atoms with Crippen LogP contribution in [0.4, 0.5) is 0 Å². The van der Waals surface area contributed by atoms with Gasteiger partial charge in [0.05, 0.1) is 18.6 Å². The quantitative estimate of drug-likeness (QED) is 0.701. The second-order valence-electron chi connectivity index (χ2n) is 3.74. The summed E-state index contributed by atoms with van der Waals surface area (Å²) in [6, 6.07) is 0. The Morgan fingerprint density at radius 1 is 1.57 bits per heavy atom. The molecule has 2 unspecified atom stereocenters. The molecule has 0 N–H and O–H groups in total. The molecule has 1 fully saturated rings. The van der Waals surface area contributed by atoms with Crippen LogP contribution in [0.1, 0.15) is 30.9 Å². The molecular weight excluding hydrogens is 202 g/mol. The van der Waals surface area contributed by atoms with Crippen LogP contribution in [-0.4, -0.2) is 27.5 Å². The van der Waals surface area contributed by atoms with Crippen LogP contribution in [0.2, 0.25) is 0 Å². The summed E-state index contributed by atoms with van der Waals surface area (Å²) < 4.78 is 7.47. The summed E-state index contributed by atoms with van der Waals surface area (Å²) >= 11 is 5.73. The first-order valence-electron chi connectivity index (χ1n) is 4.78. The Kier molecular flexibility index (Phi) is 2.74. The van der Waals surface area contributed by atoms with Gasteiger partial charge < -0.3 is 9.30 Å². The lowest BCUT2D eigenvalue weighted by atomic mass is 10.1. The van der Waals surface area contributed by atoms with Crippen LogP contribution in [0.15, 0.2) is 0 Å². The van der Waals surface area contributed by atoms with E-state index in [2.05, 4.69) is 17.1 Å². The van der Waals surface area contributed by atoms with Crippen molar-refractivity contribution in [2.24, 2.45) is 7.05 Å². The van der Waals surface area contributed by atoms with Crippen LogP contribution in [0.3, 0.4) is 0 Å². The molecule has 2 heterocycles. The van der Waals surface area contributed by atoms with Crippen LogP contribution < -0.4 is 0 Å². The summed E-state index contributed by atoms with van der Waals surface area (Å²) in [5.74, 6) is 2.60. The van der Waals surface area contributed by atoms with Crippen molar-refractivity contribution in [1.82, 2.24) is 14.8 Å². The molecular formula is C9H14ClN3O. The first kappa shape index (κ1) is 9.93. The van der Waals surface area contributed by atoms with Gasteiger partial charge >= 0.3 is 0 Å². The predicted octanol–water partition coefficient (Wildman–Crippen LogP) is 1.45. The van der Waals surface area contributed by atoms with Crippen molar-refractivity contribution in [2.45, 2.75) is 31.2 Å². The van der Waals surface area contributed by atoms with Crippen molar-refractivity contribution in [2.75, 3.05) is 6.61 Å². The van der Waals surface area contributed by atoms with Crippen molar-refractivity contribution in [3.8, 4) is 0 Å². The van der Waals surface area contributed by atoms with E-state index >= 15 is 0 Å². The molecule has 1 aromatic rings. The zero-order valence-corrected chi connectivity index (χ0v) is 9.16. The number of hydrogen-bond acceptors (Lipinski definition) is 3. The molecule has 1 aliphatic rings. The van der Waals surface area contributed by atoms with Crippen LogP contribution in [-0.2, 0) is 17.7 Å². The van der Waals surface area contributed by atoms with Crippen LogP contribution in [0.25, 0.3) is 0 Å². The Labute approximate surface area is 88.2 Å². The molecule has 0 radical (unpaired) electrons. The lowest BCUT2D eigenvalue weighted by molar-refractivity contribution is 0.123. The number of aromatic nitrogens is 3. The standard InChI is InChI=1S/C9H14ClN3O/c1-6-3-7(5-14-6)9-12-11-8(4-10)13(9)2/h6-7H,3-5H2,1-2H3. The predicted molar refractivity (Wildman–Crippen MR) is 53.3 cm³/mol. The van der Waals surface area contributed by atoms with Gasteiger partial charge in [0.2, 0.25) is 0 Å². The monoisotopic (exact) mass is 215 g/mol. The van der Waals surface area contributed by atoms with E-state index in [1.165, 1.54) is 0 Å².